The zero-order chi connectivity index (χ0) is 92.0. The number of unbranched alkanes of at least 4 members (excludes halogenated alkanes) is 2. The summed E-state index contributed by atoms with van der Waals surface area (Å²) in [6.45, 7) is 8.16. The van der Waals surface area contributed by atoms with Gasteiger partial charge in [0.25, 0.3) is 0 Å². The number of aliphatic hydroxyl groups excluding tert-OH is 7. The van der Waals surface area contributed by atoms with Gasteiger partial charge in [-0.05, 0) is 98.6 Å². The number of aliphatic carboxylic acids is 2. The van der Waals surface area contributed by atoms with Crippen molar-refractivity contribution in [3.8, 4) is 0 Å². The maximum atomic E-state index is 14.4. The molecule has 4 fully saturated rings. The molecule has 4 aliphatic heterocycles. The maximum Gasteiger partial charge on any atom is 0.326 e. The predicted molar refractivity (Wildman–Crippen MR) is 411 cm³/mol. The summed E-state index contributed by atoms with van der Waals surface area (Å²) < 4.78 is 62.9. The van der Waals surface area contributed by atoms with Crippen LogP contribution in [0.1, 0.15) is 147 Å². The van der Waals surface area contributed by atoms with Gasteiger partial charge in [-0.1, -0.05) is 6.92 Å². The Balaban J connectivity index is 1.77. The molecule has 122 heavy (non-hydrogen) atoms. The van der Waals surface area contributed by atoms with Crippen molar-refractivity contribution in [3.05, 3.63) is 0 Å². The minimum Gasteiger partial charge on any atom is -0.480 e. The fourth-order valence-corrected chi connectivity index (χ4v) is 14.0. The molecular weight excluding hydrogens is 1630 g/mol. The summed E-state index contributed by atoms with van der Waals surface area (Å²) in [5.41, 5.74) is 22.3. The lowest BCUT2D eigenvalue weighted by Gasteiger charge is -2.52. The number of imide groups is 2. The second kappa shape index (κ2) is 50.8. The first kappa shape index (κ1) is 106. The summed E-state index contributed by atoms with van der Waals surface area (Å²) >= 11 is 0. The number of carbonyl (C=O) groups is 16. The minimum atomic E-state index is -2.23. The Kier molecular flexibility index (Phi) is 43.9. The third-order valence-corrected chi connectivity index (χ3v) is 20.1. The summed E-state index contributed by atoms with van der Waals surface area (Å²) in [6.07, 6.45) is -35.5. The Bertz CT molecular complexity index is 3560. The molecule has 25 N–H and O–H groups in total. The summed E-state index contributed by atoms with van der Waals surface area (Å²) in [6, 6.07) is -16.9. The van der Waals surface area contributed by atoms with Gasteiger partial charge in [-0.3, -0.25) is 76.9 Å². The Labute approximate surface area is 701 Å². The number of hydrogen-bond acceptors (Lipinski definition) is 35. The van der Waals surface area contributed by atoms with Crippen LogP contribution < -0.4 is 65.5 Å². The van der Waals surface area contributed by atoms with Crippen molar-refractivity contribution in [1.29, 1.82) is 0 Å². The molecular formula is C73H122N14O35. The number of amides is 14. The van der Waals surface area contributed by atoms with Crippen molar-refractivity contribution < 1.29 is 170 Å². The number of nitrogens with one attached hydrogen (secondary N) is 8. The molecule has 14 amide bonds. The Morgan fingerprint density at radius 1 is 0.410 bits per heavy atom. The average molecular weight is 1760 g/mol. The largest absolute Gasteiger partial charge is 0.480 e. The van der Waals surface area contributed by atoms with Crippen LogP contribution >= 0.6 is 0 Å². The highest BCUT2D eigenvalue weighted by Crippen LogP contribution is 2.37. The molecule has 694 valence electrons. The van der Waals surface area contributed by atoms with Gasteiger partial charge in [0.15, 0.2) is 25.2 Å². The predicted octanol–water partition coefficient (Wildman–Crippen LogP) is -10.5. The summed E-state index contributed by atoms with van der Waals surface area (Å²) in [4.78, 5) is 212. The van der Waals surface area contributed by atoms with E-state index in [4.69, 9.17) is 70.3 Å². The lowest BCUT2D eigenvalue weighted by atomic mass is 9.92. The SMILES string of the molecule is CCCO[C@@H]1O[C@H](CO)[C@@H](O[C@@H]2O[C@H](CO)[C@@H](O[C@@H]3O[C@H](CO)[C@@H](O[C@@H]4O[C@H](CO)[C@@H](O)[C@H](O)[C@H]4NC(C)=O)[C@H](O[C@H](C)C(=O)N[C@@H](C)C(=O)N[C@H](CCC(=O)N(C(C)=O)[C@@H](CCCCN)C(=O)O)C(N)=O)[C@H]3NC(C)=O)[C@H](O)[C@H]2NC(C)=O)[C@H](O[C@H](C)C(=O)N[C@@H](C)C(=O)N[C@H](CCC(=O)N(C(C)=O)[C@@H](CCCCN)C(=O)O)C(N)=O)[C@H]1NC(C)=O. The number of nitrogens with two attached hydrogens (primary N) is 4. The van der Waals surface area contributed by atoms with E-state index in [1.165, 1.54) is 6.92 Å². The molecule has 0 aromatic heterocycles. The molecule has 0 spiro atoms. The number of aliphatic hydroxyl groups is 7. The number of carbonyl (C=O) groups excluding carboxylic acids is 14. The van der Waals surface area contributed by atoms with Gasteiger partial charge in [0.2, 0.25) is 82.7 Å². The fourth-order valence-electron chi connectivity index (χ4n) is 14.0. The first-order valence-corrected chi connectivity index (χ1v) is 39.8. The lowest BCUT2D eigenvalue weighted by molar-refractivity contribution is -0.366. The highest BCUT2D eigenvalue weighted by Gasteiger charge is 2.58. The lowest BCUT2D eigenvalue weighted by Crippen LogP contribution is -2.72. The molecule has 28 atom stereocenters. The van der Waals surface area contributed by atoms with E-state index >= 15 is 0 Å². The second-order valence-electron chi connectivity index (χ2n) is 29.7. The molecule has 0 unspecified atom stereocenters. The van der Waals surface area contributed by atoms with Gasteiger partial charge in [-0.25, -0.2) is 9.59 Å². The number of primary amides is 2. The van der Waals surface area contributed by atoms with Crippen LogP contribution in [-0.4, -0.2) is 368 Å². The molecule has 0 saturated carbocycles. The quantitative estimate of drug-likeness (QED) is 0.0252. The normalized spacial score (nSPS) is 28.4. The van der Waals surface area contributed by atoms with E-state index in [0.29, 0.717) is 29.1 Å². The molecule has 4 saturated heterocycles. The van der Waals surface area contributed by atoms with Gasteiger partial charge in [0.05, 0.1) is 26.4 Å². The van der Waals surface area contributed by atoms with Gasteiger partial charge in [0.1, 0.15) is 146 Å². The first-order chi connectivity index (χ1) is 57.4. The van der Waals surface area contributed by atoms with Gasteiger partial charge in [0, 0.05) is 61.0 Å². The van der Waals surface area contributed by atoms with E-state index in [2.05, 4.69) is 42.5 Å². The third-order valence-electron chi connectivity index (χ3n) is 20.1. The molecule has 4 heterocycles. The van der Waals surface area contributed by atoms with Crippen LogP contribution in [0, 0.1) is 0 Å². The van der Waals surface area contributed by atoms with Crippen LogP contribution in [0.3, 0.4) is 0 Å². The number of nitrogens with zero attached hydrogens (tertiary/aromatic N) is 2. The van der Waals surface area contributed by atoms with Crippen LogP contribution in [0.2, 0.25) is 0 Å². The number of carboxylic acids is 2. The molecule has 0 aromatic rings. The molecule has 49 nitrogen and oxygen atoms in total. The maximum absolute atomic E-state index is 14.4. The molecule has 0 aliphatic carbocycles. The van der Waals surface area contributed by atoms with Crippen molar-refractivity contribution >= 4 is 94.6 Å². The highest BCUT2D eigenvalue weighted by atomic mass is 16.8. The van der Waals surface area contributed by atoms with Crippen LogP contribution in [-0.2, 0) is 124 Å². The standard InChI is InChI=1S/C73H122N14O35/c1-12-25-113-70-52(82-36(8)94)60(114-32(4)66(107)78-30(2)64(105)84-40(62(76)103)19-21-48(98)86(38(10)96)42(68(109)110)17-13-15-23-74)58(46(28-90)117-70)122-72-51(81-35(7)93)56(102)57(45(27-89)118-72)120-73-53(83-37(9)95)61(59(47(29-91)119-73)121-71-50(80-34(6)92)55(101)54(100)44(26-88)116-71)115-33(5)67(108)79-31(3)65(106)85-41(63(77)104)20-22-49(99)87(39(11)97)43(69(111)112)18-14-16-24-75/h30-33,40-47,50-61,70-73,88-91,100-102H,12-29,74-75H2,1-11H3,(H2,76,103)(H2,77,104)(H,78,107)(H,79,108)(H,80,92)(H,81,93)(H,82,94)(H,83,95)(H,84,105)(H,85,106)(H,109,110)(H,111,112)/t30-,31-,32+,33+,40+,41+,42-,43-,44+,45+,46+,47+,50+,51+,52+,53+,54+,55+,56+,57+,58+,59+,60+,61+,70+,71-,72-,73-/m0/s1. The summed E-state index contributed by atoms with van der Waals surface area (Å²) in [5, 5.41) is 118. The van der Waals surface area contributed by atoms with Gasteiger partial charge in [-0.15, -0.1) is 0 Å². The van der Waals surface area contributed by atoms with Crippen molar-refractivity contribution in [1.82, 2.24) is 52.3 Å². The molecule has 49 heteroatoms. The fraction of sp³-hybridized carbons (Fsp3) is 0.781. The Hall–Kier alpha value is -8.84. The topological polar surface area (TPSA) is 754 Å². The van der Waals surface area contributed by atoms with Crippen molar-refractivity contribution in [2.75, 3.05) is 46.1 Å². The number of carboxylic acid groups (broad SMARTS) is 2. The third kappa shape index (κ3) is 30.3. The van der Waals surface area contributed by atoms with E-state index in [-0.39, 0.29) is 45.4 Å². The van der Waals surface area contributed by atoms with Crippen molar-refractivity contribution in [3.63, 3.8) is 0 Å². The number of ether oxygens (including phenoxy) is 10. The summed E-state index contributed by atoms with van der Waals surface area (Å²) in [5.74, 6) is -17.3. The van der Waals surface area contributed by atoms with Crippen LogP contribution in [0.4, 0.5) is 0 Å². The average Bonchev–Trinajstić information content (AvgIpc) is 0.756. The zero-order valence-corrected chi connectivity index (χ0v) is 69.7. The van der Waals surface area contributed by atoms with Crippen LogP contribution in [0.15, 0.2) is 0 Å². The zero-order valence-electron chi connectivity index (χ0n) is 69.7. The Morgan fingerprint density at radius 3 is 1.07 bits per heavy atom. The second-order valence-corrected chi connectivity index (χ2v) is 29.7. The molecule has 4 aliphatic rings. The highest BCUT2D eigenvalue weighted by molar-refractivity contribution is 6.00. The van der Waals surface area contributed by atoms with E-state index in [1.807, 2.05) is 0 Å². The van der Waals surface area contributed by atoms with Crippen LogP contribution in [0.25, 0.3) is 0 Å². The number of hydrogen-bond donors (Lipinski definition) is 21. The van der Waals surface area contributed by atoms with E-state index < -0.39 is 318 Å². The van der Waals surface area contributed by atoms with E-state index in [1.54, 1.807) is 6.92 Å². The van der Waals surface area contributed by atoms with Gasteiger partial charge >= 0.3 is 11.9 Å². The molecule has 0 radical (unpaired) electrons. The Morgan fingerprint density at radius 2 is 0.738 bits per heavy atom. The van der Waals surface area contributed by atoms with Crippen molar-refractivity contribution in [2.45, 2.75) is 318 Å². The smallest absolute Gasteiger partial charge is 0.326 e. The van der Waals surface area contributed by atoms with Gasteiger partial charge < -0.3 is 159 Å². The number of rotatable bonds is 49. The van der Waals surface area contributed by atoms with E-state index in [0.717, 1.165) is 62.3 Å². The molecule has 4 rings (SSSR count). The summed E-state index contributed by atoms with van der Waals surface area (Å²) in [7, 11) is 0. The molecule has 0 bridgehead atoms. The molecule has 0 aromatic carbocycles. The van der Waals surface area contributed by atoms with E-state index in [9.17, 15) is 123 Å². The van der Waals surface area contributed by atoms with Crippen LogP contribution in [0.5, 0.6) is 0 Å². The van der Waals surface area contributed by atoms with Crippen molar-refractivity contribution in [2.24, 2.45) is 22.9 Å². The first-order valence-electron chi connectivity index (χ1n) is 39.8. The van der Waals surface area contributed by atoms with Gasteiger partial charge in [-0.2, -0.15) is 0 Å². The monoisotopic (exact) mass is 1750 g/mol. The minimum absolute atomic E-state index is 0.0653.